The summed E-state index contributed by atoms with van der Waals surface area (Å²) >= 11 is 0. The molecule has 2 aromatic carbocycles. The molecule has 0 bridgehead atoms. The lowest BCUT2D eigenvalue weighted by atomic mass is 9.77. The maximum absolute atomic E-state index is 12.8. The number of carbonyl (C=O) groups is 1. The van der Waals surface area contributed by atoms with Crippen LogP contribution in [0.25, 0.3) is 0 Å². The van der Waals surface area contributed by atoms with Crippen LogP contribution in [0.1, 0.15) is 68.2 Å². The summed E-state index contributed by atoms with van der Waals surface area (Å²) in [6, 6.07) is 13.0. The number of aryl methyl sites for hydroxylation is 1. The Bertz CT molecular complexity index is 940. The van der Waals surface area contributed by atoms with Gasteiger partial charge in [0.25, 0.3) is 0 Å². The monoisotopic (exact) mass is 466 g/mol. The van der Waals surface area contributed by atoms with Crippen LogP contribution >= 0.6 is 0 Å². The molecule has 1 aliphatic carbocycles. The van der Waals surface area contributed by atoms with Crippen LogP contribution < -0.4 is 20.1 Å². The number of nitrogens with one attached hydrogen (secondary N) is 2. The second-order valence-corrected chi connectivity index (χ2v) is 9.88. The zero-order valence-electron chi connectivity index (χ0n) is 20.4. The van der Waals surface area contributed by atoms with E-state index in [0.717, 1.165) is 17.5 Å². The van der Waals surface area contributed by atoms with Crippen LogP contribution in [-0.4, -0.2) is 30.4 Å². The second kappa shape index (κ2) is 11.6. The van der Waals surface area contributed by atoms with Crippen LogP contribution in [0, 0.1) is 18.8 Å². The van der Waals surface area contributed by atoms with Gasteiger partial charge in [0.1, 0.15) is 13.2 Å². The number of fused-ring (bicyclic) bond motifs is 1. The van der Waals surface area contributed by atoms with Gasteiger partial charge in [-0.1, -0.05) is 74.9 Å². The zero-order valence-corrected chi connectivity index (χ0v) is 20.4. The Kier molecular flexibility index (Phi) is 8.33. The molecule has 6 nitrogen and oxygen atoms in total. The normalized spacial score (nSPS) is 18.6. The molecule has 34 heavy (non-hydrogen) atoms. The molecule has 4 rings (SSSR count). The molecule has 2 aliphatic rings. The van der Waals surface area contributed by atoms with Crippen LogP contribution in [0.15, 0.2) is 42.5 Å². The van der Waals surface area contributed by atoms with E-state index in [9.17, 15) is 9.90 Å². The Morgan fingerprint density at radius 3 is 2.47 bits per heavy atom. The lowest BCUT2D eigenvalue weighted by Gasteiger charge is -2.33. The van der Waals surface area contributed by atoms with Gasteiger partial charge >= 0.3 is 6.03 Å². The first-order valence-corrected chi connectivity index (χ1v) is 12.7. The fourth-order valence-corrected chi connectivity index (χ4v) is 5.15. The molecule has 1 aliphatic heterocycles. The number of urea groups is 1. The SMILES string of the molecule is Cc1ccc(CNC(=O)NC(C[C@@H](C)C2CCCCC2)C(O)c2ccc3c(c2)OCCO3)cc1. The Labute approximate surface area is 203 Å². The molecule has 2 unspecified atom stereocenters. The van der Waals surface area contributed by atoms with Gasteiger partial charge in [-0.15, -0.1) is 0 Å². The summed E-state index contributed by atoms with van der Waals surface area (Å²) < 4.78 is 11.3. The van der Waals surface area contributed by atoms with E-state index >= 15 is 0 Å². The van der Waals surface area contributed by atoms with E-state index in [1.54, 1.807) is 0 Å². The Balaban J connectivity index is 1.45. The number of aliphatic hydroxyl groups is 1. The average molecular weight is 467 g/mol. The van der Waals surface area contributed by atoms with E-state index in [4.69, 9.17) is 9.47 Å². The van der Waals surface area contributed by atoms with Crippen molar-refractivity contribution in [2.75, 3.05) is 13.2 Å². The van der Waals surface area contributed by atoms with E-state index in [1.165, 1.54) is 37.7 Å². The Morgan fingerprint density at radius 1 is 1.03 bits per heavy atom. The number of carbonyl (C=O) groups excluding carboxylic acids is 1. The summed E-state index contributed by atoms with van der Waals surface area (Å²) in [6.45, 7) is 5.76. The summed E-state index contributed by atoms with van der Waals surface area (Å²) in [7, 11) is 0. The second-order valence-electron chi connectivity index (χ2n) is 9.88. The number of rotatable bonds is 8. The Morgan fingerprint density at radius 2 is 1.74 bits per heavy atom. The number of aliphatic hydroxyl groups excluding tert-OH is 1. The van der Waals surface area contributed by atoms with Gasteiger partial charge in [-0.3, -0.25) is 0 Å². The van der Waals surface area contributed by atoms with Crippen molar-refractivity contribution in [2.24, 2.45) is 11.8 Å². The maximum atomic E-state index is 12.8. The van der Waals surface area contributed by atoms with E-state index in [2.05, 4.69) is 17.6 Å². The first-order chi connectivity index (χ1) is 16.5. The standard InChI is InChI=1S/C28H38N2O4/c1-19-8-10-21(11-9-19)18-29-28(32)30-24(16-20(2)22-6-4-3-5-7-22)27(31)23-12-13-25-26(17-23)34-15-14-33-25/h8-13,17,20,22,24,27,31H,3-7,14-16,18H2,1-2H3,(H2,29,30,32)/t20-,24?,27?/m1/s1. The van der Waals surface area contributed by atoms with Gasteiger partial charge in [0.2, 0.25) is 0 Å². The molecular formula is C28H38N2O4. The van der Waals surface area contributed by atoms with Crippen molar-refractivity contribution < 1.29 is 19.4 Å². The molecular weight excluding hydrogens is 428 g/mol. The van der Waals surface area contributed by atoms with Gasteiger partial charge < -0.3 is 25.2 Å². The van der Waals surface area contributed by atoms with Crippen LogP contribution in [0.4, 0.5) is 4.79 Å². The van der Waals surface area contributed by atoms with Gasteiger partial charge in [-0.05, 0) is 48.4 Å². The molecule has 0 aromatic heterocycles. The van der Waals surface area contributed by atoms with Crippen LogP contribution in [0.5, 0.6) is 11.5 Å². The van der Waals surface area contributed by atoms with Gasteiger partial charge in [-0.25, -0.2) is 4.79 Å². The molecule has 1 saturated carbocycles. The van der Waals surface area contributed by atoms with Gasteiger partial charge in [-0.2, -0.15) is 0 Å². The van der Waals surface area contributed by atoms with Crippen molar-refractivity contribution >= 4 is 6.03 Å². The first-order valence-electron chi connectivity index (χ1n) is 12.7. The predicted molar refractivity (Wildman–Crippen MR) is 133 cm³/mol. The molecule has 0 saturated heterocycles. The van der Waals surface area contributed by atoms with Crippen molar-refractivity contribution in [1.29, 1.82) is 0 Å². The summed E-state index contributed by atoms with van der Waals surface area (Å²) in [6.07, 6.45) is 6.20. The van der Waals surface area contributed by atoms with E-state index in [0.29, 0.717) is 43.1 Å². The highest BCUT2D eigenvalue weighted by atomic mass is 16.6. The molecule has 184 valence electrons. The molecule has 0 spiro atoms. The molecule has 1 fully saturated rings. The number of hydrogen-bond acceptors (Lipinski definition) is 4. The minimum absolute atomic E-state index is 0.266. The molecule has 0 radical (unpaired) electrons. The molecule has 3 atom stereocenters. The number of amides is 2. The van der Waals surface area contributed by atoms with E-state index < -0.39 is 12.1 Å². The van der Waals surface area contributed by atoms with Crippen molar-refractivity contribution in [1.82, 2.24) is 10.6 Å². The van der Waals surface area contributed by atoms with Crippen molar-refractivity contribution in [3.63, 3.8) is 0 Å². The highest BCUT2D eigenvalue weighted by Crippen LogP contribution is 2.36. The fourth-order valence-electron chi connectivity index (χ4n) is 5.15. The topological polar surface area (TPSA) is 79.8 Å². The third-order valence-corrected chi connectivity index (χ3v) is 7.26. The first kappa shape index (κ1) is 24.4. The predicted octanol–water partition coefficient (Wildman–Crippen LogP) is 5.27. The largest absolute Gasteiger partial charge is 0.486 e. The average Bonchev–Trinajstić information content (AvgIpc) is 2.87. The molecule has 3 N–H and O–H groups in total. The summed E-state index contributed by atoms with van der Waals surface area (Å²) in [5.41, 5.74) is 2.96. The van der Waals surface area contributed by atoms with E-state index in [-0.39, 0.29) is 6.03 Å². The lowest BCUT2D eigenvalue weighted by Crippen LogP contribution is -2.46. The summed E-state index contributed by atoms with van der Waals surface area (Å²) in [5.74, 6) is 2.39. The van der Waals surface area contributed by atoms with Crippen LogP contribution in [0.2, 0.25) is 0 Å². The van der Waals surface area contributed by atoms with Crippen LogP contribution in [0.3, 0.4) is 0 Å². The number of hydrogen-bond donors (Lipinski definition) is 3. The lowest BCUT2D eigenvalue weighted by molar-refractivity contribution is 0.106. The quantitative estimate of drug-likeness (QED) is 0.495. The third kappa shape index (κ3) is 6.44. The molecule has 2 amide bonds. The van der Waals surface area contributed by atoms with Crippen molar-refractivity contribution in [3.05, 3.63) is 59.2 Å². The zero-order chi connectivity index (χ0) is 23.9. The van der Waals surface area contributed by atoms with Gasteiger partial charge in [0, 0.05) is 6.54 Å². The maximum Gasteiger partial charge on any atom is 0.315 e. The number of benzene rings is 2. The number of ether oxygens (including phenoxy) is 2. The van der Waals surface area contributed by atoms with Gasteiger partial charge in [0.15, 0.2) is 11.5 Å². The minimum Gasteiger partial charge on any atom is -0.486 e. The van der Waals surface area contributed by atoms with E-state index in [1.807, 2.05) is 49.4 Å². The molecule has 6 heteroatoms. The summed E-state index contributed by atoms with van der Waals surface area (Å²) in [5, 5.41) is 17.4. The summed E-state index contributed by atoms with van der Waals surface area (Å²) in [4.78, 5) is 12.8. The van der Waals surface area contributed by atoms with Crippen molar-refractivity contribution in [3.8, 4) is 11.5 Å². The molecule has 1 heterocycles. The molecule has 2 aromatic rings. The minimum atomic E-state index is -0.841. The van der Waals surface area contributed by atoms with Crippen LogP contribution in [-0.2, 0) is 6.54 Å². The fraction of sp³-hybridized carbons (Fsp3) is 0.536. The Hall–Kier alpha value is -2.73. The third-order valence-electron chi connectivity index (χ3n) is 7.26. The smallest absolute Gasteiger partial charge is 0.315 e. The highest BCUT2D eigenvalue weighted by molar-refractivity contribution is 5.74. The van der Waals surface area contributed by atoms with Crippen molar-refractivity contribution in [2.45, 2.75) is 71.1 Å². The highest BCUT2D eigenvalue weighted by Gasteiger charge is 2.29. The van der Waals surface area contributed by atoms with Gasteiger partial charge in [0.05, 0.1) is 12.1 Å².